The van der Waals surface area contributed by atoms with Crippen LogP contribution in [0.25, 0.3) is 0 Å². The average molecular weight is 125 g/mol. The van der Waals surface area contributed by atoms with Crippen LogP contribution in [0.5, 0.6) is 0 Å². The Bertz CT molecular complexity index is 123. The van der Waals surface area contributed by atoms with Crippen LogP contribution in [-0.2, 0) is 0 Å². The number of nitrogens with one attached hydrogen (secondary N) is 1. The minimum absolute atomic E-state index is 0.464. The molecule has 0 unspecified atom stereocenters. The van der Waals surface area contributed by atoms with Gasteiger partial charge >= 0.3 is 0 Å². The third kappa shape index (κ3) is 1.47. The van der Waals surface area contributed by atoms with Gasteiger partial charge in [0, 0.05) is 11.2 Å². The molecular formula is C8H15N. The van der Waals surface area contributed by atoms with Crippen molar-refractivity contribution in [2.24, 2.45) is 0 Å². The van der Waals surface area contributed by atoms with E-state index in [1.54, 1.807) is 0 Å². The van der Waals surface area contributed by atoms with Crippen molar-refractivity contribution in [3.8, 4) is 0 Å². The van der Waals surface area contributed by atoms with E-state index in [0.717, 1.165) is 5.70 Å². The number of allylic oxidation sites excluding steroid dienone is 1. The fraction of sp³-hybridized carbons (Fsp3) is 0.750. The molecule has 1 nitrogen and oxygen atoms in total. The normalized spacial score (nSPS) is 21.1. The second-order valence-electron chi connectivity index (χ2n) is 3.04. The molecule has 0 atom stereocenters. The molecule has 1 rings (SSSR count). The predicted molar refractivity (Wildman–Crippen MR) is 40.2 cm³/mol. The van der Waals surface area contributed by atoms with E-state index in [4.69, 9.17) is 0 Å². The largest absolute Gasteiger partial charge is 0.384 e. The van der Waals surface area contributed by atoms with Gasteiger partial charge in [0.1, 0.15) is 0 Å². The summed E-state index contributed by atoms with van der Waals surface area (Å²) in [6.45, 7) is 8.07. The van der Waals surface area contributed by atoms with Gasteiger partial charge in [-0.1, -0.05) is 13.5 Å². The monoisotopic (exact) mass is 125 g/mol. The Labute approximate surface area is 57.1 Å². The maximum absolute atomic E-state index is 3.82. The van der Waals surface area contributed by atoms with E-state index in [1.165, 1.54) is 19.3 Å². The second kappa shape index (κ2) is 2.05. The summed E-state index contributed by atoms with van der Waals surface area (Å²) in [6, 6.07) is 0. The average Bonchev–Trinajstić information content (AvgIpc) is 2.48. The second-order valence-corrected chi connectivity index (χ2v) is 3.04. The first-order chi connectivity index (χ1) is 4.18. The van der Waals surface area contributed by atoms with Crippen molar-refractivity contribution in [2.45, 2.75) is 38.6 Å². The molecule has 0 radical (unpaired) electrons. The van der Waals surface area contributed by atoms with E-state index in [-0.39, 0.29) is 0 Å². The van der Waals surface area contributed by atoms with Crippen LogP contribution in [0.3, 0.4) is 0 Å². The molecule has 52 valence electrons. The van der Waals surface area contributed by atoms with E-state index in [9.17, 15) is 0 Å². The molecule has 0 amide bonds. The summed E-state index contributed by atoms with van der Waals surface area (Å²) in [5.41, 5.74) is 1.57. The fourth-order valence-corrected chi connectivity index (χ4v) is 1.17. The van der Waals surface area contributed by atoms with Gasteiger partial charge in [0.25, 0.3) is 0 Å². The quantitative estimate of drug-likeness (QED) is 0.608. The molecule has 1 fully saturated rings. The van der Waals surface area contributed by atoms with Gasteiger partial charge in [-0.05, 0) is 26.2 Å². The first-order valence-electron chi connectivity index (χ1n) is 3.62. The summed E-state index contributed by atoms with van der Waals surface area (Å²) in [4.78, 5) is 0. The lowest BCUT2D eigenvalue weighted by molar-refractivity contribution is 0.539. The summed E-state index contributed by atoms with van der Waals surface area (Å²) in [5.74, 6) is 0. The Kier molecular flexibility index (Phi) is 1.52. The van der Waals surface area contributed by atoms with Crippen LogP contribution in [0.4, 0.5) is 0 Å². The summed E-state index contributed by atoms with van der Waals surface area (Å²) >= 11 is 0. The van der Waals surface area contributed by atoms with Crippen LogP contribution in [0.15, 0.2) is 12.3 Å². The van der Waals surface area contributed by atoms with Crippen molar-refractivity contribution in [1.82, 2.24) is 5.32 Å². The molecule has 0 heterocycles. The zero-order valence-electron chi connectivity index (χ0n) is 6.33. The van der Waals surface area contributed by atoms with E-state index in [2.05, 4.69) is 18.8 Å². The summed E-state index contributed by atoms with van der Waals surface area (Å²) in [7, 11) is 0. The summed E-state index contributed by atoms with van der Waals surface area (Å²) in [6.07, 6.45) is 3.90. The lowest BCUT2D eigenvalue weighted by atomic mass is 10.2. The standard InChI is InChI=1S/C8H15N/c1-4-8(5-6-8)9-7(2)3/h9H,2,4-6H2,1,3H3. The van der Waals surface area contributed by atoms with Crippen LogP contribution in [0.1, 0.15) is 33.1 Å². The number of hydrogen-bond acceptors (Lipinski definition) is 1. The molecule has 0 aromatic heterocycles. The Balaban J connectivity index is 2.33. The SMILES string of the molecule is C=C(C)NC1(CC)CC1. The van der Waals surface area contributed by atoms with Crippen LogP contribution in [0, 0.1) is 0 Å². The Hall–Kier alpha value is -0.460. The lowest BCUT2D eigenvalue weighted by Gasteiger charge is -2.15. The lowest BCUT2D eigenvalue weighted by Crippen LogP contribution is -2.27. The molecule has 0 saturated heterocycles. The van der Waals surface area contributed by atoms with E-state index >= 15 is 0 Å². The molecule has 1 aliphatic rings. The van der Waals surface area contributed by atoms with Crippen molar-refractivity contribution in [2.75, 3.05) is 0 Å². The first-order valence-corrected chi connectivity index (χ1v) is 3.62. The van der Waals surface area contributed by atoms with E-state index < -0.39 is 0 Å². The van der Waals surface area contributed by atoms with Crippen LogP contribution in [-0.4, -0.2) is 5.54 Å². The number of hydrogen-bond donors (Lipinski definition) is 1. The highest BCUT2D eigenvalue weighted by atomic mass is 15.0. The topological polar surface area (TPSA) is 12.0 Å². The van der Waals surface area contributed by atoms with Gasteiger partial charge in [0.2, 0.25) is 0 Å². The maximum Gasteiger partial charge on any atom is 0.0369 e. The first kappa shape index (κ1) is 6.66. The van der Waals surface area contributed by atoms with Gasteiger partial charge in [-0.15, -0.1) is 0 Å². The fourth-order valence-electron chi connectivity index (χ4n) is 1.17. The molecule has 0 bridgehead atoms. The summed E-state index contributed by atoms with van der Waals surface area (Å²) in [5, 5.41) is 3.39. The van der Waals surface area contributed by atoms with Crippen molar-refractivity contribution in [3.63, 3.8) is 0 Å². The van der Waals surface area contributed by atoms with Gasteiger partial charge in [-0.3, -0.25) is 0 Å². The van der Waals surface area contributed by atoms with Gasteiger partial charge < -0.3 is 5.32 Å². The smallest absolute Gasteiger partial charge is 0.0369 e. The summed E-state index contributed by atoms with van der Waals surface area (Å²) < 4.78 is 0. The third-order valence-electron chi connectivity index (χ3n) is 2.01. The highest BCUT2D eigenvalue weighted by Crippen LogP contribution is 2.38. The molecule has 1 heteroatoms. The molecule has 1 aliphatic carbocycles. The molecule has 1 saturated carbocycles. The van der Waals surface area contributed by atoms with Crippen LogP contribution in [0.2, 0.25) is 0 Å². The predicted octanol–water partition coefficient (Wildman–Crippen LogP) is 2.05. The maximum atomic E-state index is 3.82. The number of rotatable bonds is 3. The van der Waals surface area contributed by atoms with E-state index in [0.29, 0.717) is 5.54 Å². The van der Waals surface area contributed by atoms with Gasteiger partial charge in [-0.2, -0.15) is 0 Å². The van der Waals surface area contributed by atoms with Crippen molar-refractivity contribution < 1.29 is 0 Å². The highest BCUT2D eigenvalue weighted by Gasteiger charge is 2.40. The minimum atomic E-state index is 0.464. The van der Waals surface area contributed by atoms with Gasteiger partial charge in [0.15, 0.2) is 0 Å². The van der Waals surface area contributed by atoms with Crippen LogP contribution < -0.4 is 5.32 Å². The van der Waals surface area contributed by atoms with Crippen LogP contribution >= 0.6 is 0 Å². The molecule has 9 heavy (non-hydrogen) atoms. The van der Waals surface area contributed by atoms with Crippen molar-refractivity contribution in [1.29, 1.82) is 0 Å². The van der Waals surface area contributed by atoms with Crippen molar-refractivity contribution in [3.05, 3.63) is 12.3 Å². The zero-order chi connectivity index (χ0) is 6.91. The third-order valence-corrected chi connectivity index (χ3v) is 2.01. The van der Waals surface area contributed by atoms with Gasteiger partial charge in [0.05, 0.1) is 0 Å². The zero-order valence-corrected chi connectivity index (χ0v) is 6.33. The molecule has 0 aromatic rings. The molecule has 1 N–H and O–H groups in total. The molecule has 0 spiro atoms. The van der Waals surface area contributed by atoms with Crippen molar-refractivity contribution >= 4 is 0 Å². The highest BCUT2D eigenvalue weighted by molar-refractivity contribution is 5.07. The van der Waals surface area contributed by atoms with Gasteiger partial charge in [-0.25, -0.2) is 0 Å². The molecular weight excluding hydrogens is 110 g/mol. The Morgan fingerprint density at radius 2 is 2.22 bits per heavy atom. The molecule has 0 aliphatic heterocycles. The Morgan fingerprint density at radius 3 is 2.33 bits per heavy atom. The minimum Gasteiger partial charge on any atom is -0.384 e. The molecule has 0 aromatic carbocycles. The Morgan fingerprint density at radius 1 is 1.67 bits per heavy atom. The van der Waals surface area contributed by atoms with E-state index in [1.807, 2.05) is 6.92 Å².